The summed E-state index contributed by atoms with van der Waals surface area (Å²) >= 11 is 2.81. The number of nitrogens with one attached hydrogen (secondary N) is 1. The van der Waals surface area contributed by atoms with Crippen LogP contribution in [0, 0.1) is 11.7 Å². The molecule has 2 rings (SSSR count). The van der Waals surface area contributed by atoms with Gasteiger partial charge in [-0.25, -0.2) is 9.82 Å². The number of alkyl halides is 6. The third-order valence-electron chi connectivity index (χ3n) is 3.92. The molecule has 13 heteroatoms. The molecule has 2 N–H and O–H groups in total. The molecule has 5 nitrogen and oxygen atoms in total. The highest BCUT2D eigenvalue weighted by Crippen LogP contribution is 2.44. The molecule has 1 aromatic rings. The van der Waals surface area contributed by atoms with Crippen molar-refractivity contribution in [3.63, 3.8) is 0 Å². The van der Waals surface area contributed by atoms with Crippen LogP contribution >= 0.6 is 15.9 Å². The molecule has 0 radical (unpaired) electrons. The number of hydrazone groups is 1. The monoisotopic (exact) mass is 480 g/mol. The fraction of sp³-hybridized carbons (Fsp3) is 0.467. The summed E-state index contributed by atoms with van der Waals surface area (Å²) in [6.45, 7) is -0.678. The number of ether oxygens (including phenoxy) is 1. The lowest BCUT2D eigenvalue weighted by atomic mass is 9.94. The van der Waals surface area contributed by atoms with Crippen molar-refractivity contribution in [3.05, 3.63) is 28.0 Å². The van der Waals surface area contributed by atoms with Gasteiger partial charge in [-0.2, -0.15) is 31.4 Å². The van der Waals surface area contributed by atoms with E-state index in [-0.39, 0.29) is 28.1 Å². The Bertz CT molecular complexity index is 771. The lowest BCUT2D eigenvalue weighted by Crippen LogP contribution is -2.60. The Kier molecular flexibility index (Phi) is 6.00. The van der Waals surface area contributed by atoms with Crippen LogP contribution < -0.4 is 10.2 Å². The number of carbonyl (C=O) groups is 1. The van der Waals surface area contributed by atoms with Gasteiger partial charge in [-0.3, -0.25) is 4.79 Å². The van der Waals surface area contributed by atoms with Gasteiger partial charge in [0.15, 0.2) is 11.6 Å². The summed E-state index contributed by atoms with van der Waals surface area (Å²) < 4.78 is 94.4. The Hall–Kier alpha value is -1.89. The standard InChI is InChI=1S/C15H12BrF7N2O3/c1-6-2-10(26)24-25-11(6)7-3-8(16)12(9(17)4-7)28-5-13(27,14(18,19)20)15(21,22)23/h3-4,6,27H,2,5H2,1H3,(H,24,26)/t6-/m1/s1. The van der Waals surface area contributed by atoms with E-state index in [2.05, 4.69) is 31.2 Å². The van der Waals surface area contributed by atoms with Crippen molar-refractivity contribution in [2.24, 2.45) is 11.0 Å². The molecule has 1 heterocycles. The molecule has 0 aromatic heterocycles. The average Bonchev–Trinajstić information content (AvgIpc) is 2.51. The topological polar surface area (TPSA) is 70.9 Å². The predicted octanol–water partition coefficient (Wildman–Crippen LogP) is 3.68. The quantitative estimate of drug-likeness (QED) is 0.645. The first-order chi connectivity index (χ1) is 12.7. The van der Waals surface area contributed by atoms with Crippen LogP contribution in [0.15, 0.2) is 21.7 Å². The summed E-state index contributed by atoms with van der Waals surface area (Å²) in [7, 11) is 0. The van der Waals surface area contributed by atoms with Crippen LogP contribution in [0.2, 0.25) is 0 Å². The zero-order chi connectivity index (χ0) is 21.5. The van der Waals surface area contributed by atoms with Crippen molar-refractivity contribution in [2.75, 3.05) is 6.61 Å². The van der Waals surface area contributed by atoms with Crippen molar-refractivity contribution >= 4 is 27.5 Å². The maximum atomic E-state index is 14.3. The largest absolute Gasteiger partial charge is 0.486 e. The van der Waals surface area contributed by atoms with E-state index in [1.165, 1.54) is 0 Å². The van der Waals surface area contributed by atoms with Gasteiger partial charge in [0.05, 0.1) is 10.2 Å². The smallest absolute Gasteiger partial charge is 0.429 e. The van der Waals surface area contributed by atoms with Gasteiger partial charge in [-0.05, 0) is 28.1 Å². The third-order valence-corrected chi connectivity index (χ3v) is 4.51. The van der Waals surface area contributed by atoms with Crippen molar-refractivity contribution in [2.45, 2.75) is 31.3 Å². The number of hydrogen-bond acceptors (Lipinski definition) is 4. The highest BCUT2D eigenvalue weighted by Gasteiger charge is 2.71. The second-order valence-corrected chi connectivity index (χ2v) is 6.91. The molecule has 28 heavy (non-hydrogen) atoms. The number of amides is 1. The molecule has 1 atom stereocenters. The number of rotatable bonds is 4. The van der Waals surface area contributed by atoms with Gasteiger partial charge >= 0.3 is 12.4 Å². The molecule has 1 amide bonds. The molecular formula is C15H12BrF7N2O3. The summed E-state index contributed by atoms with van der Waals surface area (Å²) in [5.74, 6) is -3.02. The summed E-state index contributed by atoms with van der Waals surface area (Å²) in [6.07, 6.45) is -12.1. The van der Waals surface area contributed by atoms with Crippen molar-refractivity contribution in [1.82, 2.24) is 5.43 Å². The van der Waals surface area contributed by atoms with Gasteiger partial charge in [-0.15, -0.1) is 0 Å². The van der Waals surface area contributed by atoms with Gasteiger partial charge < -0.3 is 9.84 Å². The van der Waals surface area contributed by atoms with E-state index in [0.717, 1.165) is 12.1 Å². The minimum Gasteiger partial charge on any atom is -0.486 e. The van der Waals surface area contributed by atoms with Gasteiger partial charge in [-0.1, -0.05) is 6.92 Å². The molecule has 0 aliphatic carbocycles. The van der Waals surface area contributed by atoms with Crippen LogP contribution in [0.1, 0.15) is 18.9 Å². The molecule has 0 fully saturated rings. The van der Waals surface area contributed by atoms with E-state index >= 15 is 0 Å². The Morgan fingerprint density at radius 1 is 1.25 bits per heavy atom. The van der Waals surface area contributed by atoms with E-state index in [1.54, 1.807) is 6.92 Å². The highest BCUT2D eigenvalue weighted by molar-refractivity contribution is 9.10. The van der Waals surface area contributed by atoms with Crippen LogP contribution in [-0.4, -0.2) is 41.3 Å². The molecule has 1 aliphatic heterocycles. The van der Waals surface area contributed by atoms with Gasteiger partial charge in [0.1, 0.15) is 6.61 Å². The number of nitrogens with zero attached hydrogens (tertiary/aromatic N) is 1. The SMILES string of the molecule is C[C@@H]1CC(=O)NN=C1c1cc(F)c(OCC(O)(C(F)(F)F)C(F)(F)F)c(Br)c1. The maximum Gasteiger partial charge on any atom is 0.429 e. The number of benzene rings is 1. The summed E-state index contributed by atoms with van der Waals surface area (Å²) in [5, 5.41) is 12.8. The van der Waals surface area contributed by atoms with Gasteiger partial charge in [0, 0.05) is 17.9 Å². The number of halogens is 8. The van der Waals surface area contributed by atoms with Gasteiger partial charge in [0.2, 0.25) is 5.91 Å². The number of carbonyl (C=O) groups excluding carboxylic acids is 1. The number of aliphatic hydroxyl groups is 1. The molecule has 0 spiro atoms. The summed E-state index contributed by atoms with van der Waals surface area (Å²) in [6, 6.07) is 1.94. The van der Waals surface area contributed by atoms with Crippen LogP contribution in [0.25, 0.3) is 0 Å². The van der Waals surface area contributed by atoms with E-state index < -0.39 is 42.0 Å². The Labute approximate surface area is 161 Å². The van der Waals surface area contributed by atoms with Crippen LogP contribution in [0.4, 0.5) is 30.7 Å². The van der Waals surface area contributed by atoms with Gasteiger partial charge in [0.25, 0.3) is 5.60 Å². The Morgan fingerprint density at radius 3 is 2.29 bits per heavy atom. The number of hydrogen-bond donors (Lipinski definition) is 2. The molecule has 0 bridgehead atoms. The first kappa shape index (κ1) is 22.4. The first-order valence-corrected chi connectivity index (χ1v) is 8.31. The molecule has 1 aromatic carbocycles. The highest BCUT2D eigenvalue weighted by atomic mass is 79.9. The second-order valence-electron chi connectivity index (χ2n) is 6.05. The normalized spacial score (nSPS) is 18.6. The summed E-state index contributed by atoms with van der Waals surface area (Å²) in [4.78, 5) is 11.3. The fourth-order valence-corrected chi connectivity index (χ4v) is 2.90. The molecule has 1 aliphatic rings. The molecule has 0 saturated carbocycles. The third kappa shape index (κ3) is 4.24. The van der Waals surface area contributed by atoms with E-state index in [4.69, 9.17) is 5.11 Å². The maximum absolute atomic E-state index is 14.3. The Balaban J connectivity index is 2.32. The van der Waals surface area contributed by atoms with Crippen molar-refractivity contribution in [1.29, 1.82) is 0 Å². The lowest BCUT2D eigenvalue weighted by molar-refractivity contribution is -0.373. The molecule has 0 saturated heterocycles. The van der Waals surface area contributed by atoms with Crippen molar-refractivity contribution < 1.29 is 45.4 Å². The van der Waals surface area contributed by atoms with Crippen LogP contribution in [0.5, 0.6) is 5.75 Å². The molecular weight excluding hydrogens is 469 g/mol. The Morgan fingerprint density at radius 2 is 1.82 bits per heavy atom. The summed E-state index contributed by atoms with van der Waals surface area (Å²) in [5.41, 5.74) is -2.61. The zero-order valence-corrected chi connectivity index (χ0v) is 15.5. The van der Waals surface area contributed by atoms with E-state index in [1.807, 2.05) is 0 Å². The second kappa shape index (κ2) is 7.50. The molecule has 0 unspecified atom stereocenters. The first-order valence-electron chi connectivity index (χ1n) is 7.52. The predicted molar refractivity (Wildman–Crippen MR) is 85.1 cm³/mol. The van der Waals surface area contributed by atoms with Crippen LogP contribution in [-0.2, 0) is 4.79 Å². The van der Waals surface area contributed by atoms with Crippen molar-refractivity contribution in [3.8, 4) is 5.75 Å². The minimum absolute atomic E-state index is 0.0561. The zero-order valence-electron chi connectivity index (χ0n) is 13.9. The van der Waals surface area contributed by atoms with Crippen LogP contribution in [0.3, 0.4) is 0 Å². The molecule has 156 valence electrons. The fourth-order valence-electron chi connectivity index (χ4n) is 2.35. The minimum atomic E-state index is -6.10. The lowest BCUT2D eigenvalue weighted by Gasteiger charge is -2.32. The van der Waals surface area contributed by atoms with E-state index in [0.29, 0.717) is 0 Å². The average molecular weight is 481 g/mol. The van der Waals surface area contributed by atoms with E-state index in [9.17, 15) is 35.5 Å².